The number of rotatable bonds is 3. The molecule has 0 amide bonds. The van der Waals surface area contributed by atoms with Gasteiger partial charge >= 0.3 is 0 Å². The molecule has 0 fully saturated rings. The molecule has 122 valence electrons. The fraction of sp³-hybridized carbons (Fsp3) is 0.368. The van der Waals surface area contributed by atoms with E-state index in [1.807, 2.05) is 18.2 Å². The van der Waals surface area contributed by atoms with E-state index < -0.39 is 0 Å². The summed E-state index contributed by atoms with van der Waals surface area (Å²) in [6.07, 6.45) is 1.12. The molecular formula is C19H23NO3. The molecule has 1 aliphatic rings. The van der Waals surface area contributed by atoms with Crippen LogP contribution in [0.15, 0.2) is 42.5 Å². The third-order valence-electron chi connectivity index (χ3n) is 4.19. The molecule has 2 aromatic rings. The predicted molar refractivity (Wildman–Crippen MR) is 92.1 cm³/mol. The molecule has 3 rings (SSSR count). The van der Waals surface area contributed by atoms with Crippen molar-refractivity contribution in [2.24, 2.45) is 0 Å². The Balaban J connectivity index is 2.03. The highest BCUT2D eigenvalue weighted by atomic mass is 16.5. The molecule has 1 unspecified atom stereocenters. The molecule has 23 heavy (non-hydrogen) atoms. The van der Waals surface area contributed by atoms with E-state index in [2.05, 4.69) is 36.1 Å². The molecule has 0 bridgehead atoms. The Morgan fingerprint density at radius 2 is 1.70 bits per heavy atom. The number of methoxy groups -OCH3 is 2. The molecule has 0 saturated carbocycles. The van der Waals surface area contributed by atoms with Crippen molar-refractivity contribution >= 4 is 11.4 Å². The van der Waals surface area contributed by atoms with Crippen LogP contribution in [0.2, 0.25) is 0 Å². The van der Waals surface area contributed by atoms with Gasteiger partial charge in [0.15, 0.2) is 0 Å². The maximum atomic E-state index is 5.90. The lowest BCUT2D eigenvalue weighted by Crippen LogP contribution is -2.29. The highest BCUT2D eigenvalue weighted by molar-refractivity contribution is 5.69. The van der Waals surface area contributed by atoms with Crippen molar-refractivity contribution in [3.63, 3.8) is 0 Å². The Kier molecular flexibility index (Phi) is 4.72. The first-order valence-corrected chi connectivity index (χ1v) is 7.91. The minimum absolute atomic E-state index is 0.222. The second kappa shape index (κ2) is 6.92. The highest BCUT2D eigenvalue weighted by Crippen LogP contribution is 2.34. The topological polar surface area (TPSA) is 30.9 Å². The fourth-order valence-electron chi connectivity index (χ4n) is 2.96. The van der Waals surface area contributed by atoms with E-state index >= 15 is 0 Å². The molecule has 1 aliphatic heterocycles. The number of fused-ring (bicyclic) bond motifs is 1. The van der Waals surface area contributed by atoms with Crippen molar-refractivity contribution < 1.29 is 14.2 Å². The number of ether oxygens (including phenoxy) is 3. The Labute approximate surface area is 137 Å². The Bertz CT molecular complexity index is 654. The number of benzene rings is 2. The van der Waals surface area contributed by atoms with Crippen LogP contribution in [0.5, 0.6) is 11.5 Å². The van der Waals surface area contributed by atoms with E-state index in [1.165, 1.54) is 11.3 Å². The van der Waals surface area contributed by atoms with Crippen LogP contribution >= 0.6 is 0 Å². The maximum Gasteiger partial charge on any atom is 0.120 e. The smallest absolute Gasteiger partial charge is 0.120 e. The predicted octanol–water partition coefficient (Wildman–Crippen LogP) is 3.80. The van der Waals surface area contributed by atoms with E-state index in [-0.39, 0.29) is 6.10 Å². The third kappa shape index (κ3) is 3.42. The van der Waals surface area contributed by atoms with Crippen LogP contribution in [0.1, 0.15) is 12.5 Å². The largest absolute Gasteiger partial charge is 0.497 e. The Hall–Kier alpha value is -2.20. The van der Waals surface area contributed by atoms with Gasteiger partial charge in [-0.25, -0.2) is 0 Å². The minimum atomic E-state index is 0.222. The molecule has 0 aliphatic carbocycles. The number of anilines is 2. The molecule has 0 radical (unpaired) electrons. The standard InChI is InChI=1S/C19H23NO3/c1-14-12-15-4-7-18(22-3)13-19(15)20(10-11-23-14)16-5-8-17(21-2)9-6-16/h4-9,13-14H,10-12H2,1-3H3. The summed E-state index contributed by atoms with van der Waals surface area (Å²) in [5.41, 5.74) is 3.58. The van der Waals surface area contributed by atoms with Crippen molar-refractivity contribution in [3.05, 3.63) is 48.0 Å². The molecule has 2 aromatic carbocycles. The zero-order valence-electron chi connectivity index (χ0n) is 13.9. The van der Waals surface area contributed by atoms with Crippen molar-refractivity contribution in [2.45, 2.75) is 19.4 Å². The highest BCUT2D eigenvalue weighted by Gasteiger charge is 2.19. The Morgan fingerprint density at radius 1 is 1.00 bits per heavy atom. The molecule has 4 heteroatoms. The lowest BCUT2D eigenvalue weighted by molar-refractivity contribution is 0.0703. The lowest BCUT2D eigenvalue weighted by Gasteiger charge is -2.31. The number of hydrogen-bond acceptors (Lipinski definition) is 4. The second-order valence-corrected chi connectivity index (χ2v) is 5.73. The molecule has 4 nitrogen and oxygen atoms in total. The summed E-state index contributed by atoms with van der Waals surface area (Å²) in [5.74, 6) is 1.73. The van der Waals surface area contributed by atoms with Crippen LogP contribution in [-0.2, 0) is 11.2 Å². The van der Waals surface area contributed by atoms with E-state index in [4.69, 9.17) is 14.2 Å². The first-order chi connectivity index (χ1) is 11.2. The summed E-state index contributed by atoms with van der Waals surface area (Å²) < 4.78 is 16.6. The van der Waals surface area contributed by atoms with Gasteiger partial charge in [-0.2, -0.15) is 0 Å². The van der Waals surface area contributed by atoms with Gasteiger partial charge in [-0.15, -0.1) is 0 Å². The molecule has 0 N–H and O–H groups in total. The van der Waals surface area contributed by atoms with Gasteiger partial charge in [0.05, 0.1) is 26.9 Å². The van der Waals surface area contributed by atoms with Gasteiger partial charge in [0.1, 0.15) is 11.5 Å². The van der Waals surface area contributed by atoms with E-state index in [9.17, 15) is 0 Å². The summed E-state index contributed by atoms with van der Waals surface area (Å²) in [5, 5.41) is 0. The van der Waals surface area contributed by atoms with Crippen LogP contribution in [0.25, 0.3) is 0 Å². The summed E-state index contributed by atoms with van der Waals surface area (Å²) in [7, 11) is 3.38. The van der Waals surface area contributed by atoms with Crippen molar-refractivity contribution in [2.75, 3.05) is 32.3 Å². The van der Waals surface area contributed by atoms with Crippen molar-refractivity contribution in [1.82, 2.24) is 0 Å². The van der Waals surface area contributed by atoms with Gasteiger partial charge in [-0.3, -0.25) is 0 Å². The van der Waals surface area contributed by atoms with Crippen LogP contribution in [0.3, 0.4) is 0 Å². The fourth-order valence-corrected chi connectivity index (χ4v) is 2.96. The third-order valence-corrected chi connectivity index (χ3v) is 4.19. The van der Waals surface area contributed by atoms with Gasteiger partial charge in [-0.1, -0.05) is 6.07 Å². The summed E-state index contributed by atoms with van der Waals surface area (Å²) >= 11 is 0. The van der Waals surface area contributed by atoms with E-state index in [0.717, 1.165) is 30.2 Å². The van der Waals surface area contributed by atoms with Crippen LogP contribution in [0, 0.1) is 0 Å². The zero-order valence-corrected chi connectivity index (χ0v) is 13.9. The van der Waals surface area contributed by atoms with Crippen molar-refractivity contribution in [3.8, 4) is 11.5 Å². The van der Waals surface area contributed by atoms with E-state index in [0.29, 0.717) is 6.61 Å². The number of nitrogens with zero attached hydrogens (tertiary/aromatic N) is 1. The summed E-state index contributed by atoms with van der Waals surface area (Å²) in [6.45, 7) is 3.62. The van der Waals surface area contributed by atoms with Crippen molar-refractivity contribution in [1.29, 1.82) is 0 Å². The summed E-state index contributed by atoms with van der Waals surface area (Å²) in [4.78, 5) is 2.28. The molecule has 0 saturated heterocycles. The zero-order chi connectivity index (χ0) is 16.2. The van der Waals surface area contributed by atoms with Gasteiger partial charge in [-0.05, 0) is 42.8 Å². The van der Waals surface area contributed by atoms with Crippen LogP contribution < -0.4 is 14.4 Å². The van der Waals surface area contributed by atoms with Gasteiger partial charge in [0.2, 0.25) is 0 Å². The normalized spacial score (nSPS) is 17.9. The van der Waals surface area contributed by atoms with Crippen LogP contribution in [-0.4, -0.2) is 33.5 Å². The first kappa shape index (κ1) is 15.7. The first-order valence-electron chi connectivity index (χ1n) is 7.91. The molecule has 0 spiro atoms. The lowest BCUT2D eigenvalue weighted by atomic mass is 10.0. The molecule has 1 heterocycles. The van der Waals surface area contributed by atoms with Crippen LogP contribution in [0.4, 0.5) is 11.4 Å². The monoisotopic (exact) mass is 313 g/mol. The molecular weight excluding hydrogens is 290 g/mol. The average molecular weight is 313 g/mol. The van der Waals surface area contributed by atoms with Gasteiger partial charge in [0.25, 0.3) is 0 Å². The second-order valence-electron chi connectivity index (χ2n) is 5.73. The molecule has 0 aromatic heterocycles. The summed E-state index contributed by atoms with van der Waals surface area (Å²) in [6, 6.07) is 14.4. The van der Waals surface area contributed by atoms with Gasteiger partial charge in [0, 0.05) is 30.4 Å². The van der Waals surface area contributed by atoms with E-state index in [1.54, 1.807) is 14.2 Å². The average Bonchev–Trinajstić information content (AvgIpc) is 2.58. The number of hydrogen-bond donors (Lipinski definition) is 0. The SMILES string of the molecule is COc1ccc(N2CCOC(C)Cc3ccc(OC)cc32)cc1. The Morgan fingerprint density at radius 3 is 2.39 bits per heavy atom. The minimum Gasteiger partial charge on any atom is -0.497 e. The maximum absolute atomic E-state index is 5.90. The quantitative estimate of drug-likeness (QED) is 0.862. The molecule has 1 atom stereocenters. The van der Waals surface area contributed by atoms with Gasteiger partial charge < -0.3 is 19.1 Å².